The summed E-state index contributed by atoms with van der Waals surface area (Å²) in [6, 6.07) is 17.2. The van der Waals surface area contributed by atoms with Crippen LogP contribution in [-0.2, 0) is 0 Å². The van der Waals surface area contributed by atoms with Gasteiger partial charge >= 0.3 is 0 Å². The maximum Gasteiger partial charge on any atom is 0.285 e. The lowest BCUT2D eigenvalue weighted by molar-refractivity contribution is 0.0948. The number of benzene rings is 2. The molecule has 0 atom stereocenters. The number of nitrogens with zero attached hydrogens (tertiary/aromatic N) is 2. The van der Waals surface area contributed by atoms with Crippen molar-refractivity contribution in [1.29, 1.82) is 0 Å². The molecule has 0 aliphatic carbocycles. The van der Waals surface area contributed by atoms with Gasteiger partial charge in [-0.1, -0.05) is 18.2 Å². The Hall–Kier alpha value is -3.12. The topological polar surface area (TPSA) is 82.2 Å². The van der Waals surface area contributed by atoms with E-state index in [1.807, 2.05) is 55.5 Å². The molecule has 1 amide bonds. The van der Waals surface area contributed by atoms with Crippen molar-refractivity contribution in [2.45, 2.75) is 6.92 Å². The summed E-state index contributed by atoms with van der Waals surface area (Å²) >= 11 is 0. The first kappa shape index (κ1) is 15.8. The third-order valence-electron chi connectivity index (χ3n) is 3.80. The minimum absolute atomic E-state index is 0.256. The van der Waals surface area contributed by atoms with Gasteiger partial charge in [-0.25, -0.2) is 10.5 Å². The fraction of sp³-hybridized carbons (Fsp3) is 0.111. The molecule has 0 aliphatic heterocycles. The van der Waals surface area contributed by atoms with E-state index in [9.17, 15) is 4.79 Å². The molecule has 0 saturated carbocycles. The maximum absolute atomic E-state index is 11.9. The van der Waals surface area contributed by atoms with Gasteiger partial charge in [0.05, 0.1) is 18.5 Å². The summed E-state index contributed by atoms with van der Waals surface area (Å²) in [5.74, 6) is 5.57. The number of carbonyl (C=O) groups excluding carboxylic acids is 1. The van der Waals surface area contributed by atoms with E-state index in [0.29, 0.717) is 0 Å². The van der Waals surface area contributed by atoms with Crippen LogP contribution in [0.4, 0.5) is 0 Å². The van der Waals surface area contributed by atoms with E-state index < -0.39 is 5.91 Å². The van der Waals surface area contributed by atoms with Gasteiger partial charge in [0, 0.05) is 5.56 Å². The summed E-state index contributed by atoms with van der Waals surface area (Å²) < 4.78 is 6.95. The zero-order valence-corrected chi connectivity index (χ0v) is 13.5. The highest BCUT2D eigenvalue weighted by Crippen LogP contribution is 2.27. The molecule has 0 spiro atoms. The lowest BCUT2D eigenvalue weighted by atomic mass is 10.1. The molecular weight excluding hydrogens is 304 g/mol. The summed E-state index contributed by atoms with van der Waals surface area (Å²) in [5, 5.41) is 4.42. The first-order chi connectivity index (χ1) is 11.6. The van der Waals surface area contributed by atoms with Crippen LogP contribution in [0, 0.1) is 6.92 Å². The van der Waals surface area contributed by atoms with Crippen molar-refractivity contribution in [2.75, 3.05) is 7.11 Å². The lowest BCUT2D eigenvalue weighted by Gasteiger charge is -2.10. The third-order valence-corrected chi connectivity index (χ3v) is 3.80. The molecule has 0 bridgehead atoms. The van der Waals surface area contributed by atoms with Crippen LogP contribution in [0.1, 0.15) is 16.1 Å². The summed E-state index contributed by atoms with van der Waals surface area (Å²) in [7, 11) is 1.62. The van der Waals surface area contributed by atoms with Crippen molar-refractivity contribution in [3.05, 3.63) is 65.9 Å². The molecule has 1 heterocycles. The number of hydrogen-bond donors (Lipinski definition) is 2. The molecule has 24 heavy (non-hydrogen) atoms. The standard InChI is InChI=1S/C18H18N4O2/c1-12-5-3-4-6-16(12)22-17(11-15(21-22)18(23)20-19)13-7-9-14(24-2)10-8-13/h3-11H,19H2,1-2H3,(H,20,23). The number of rotatable bonds is 4. The SMILES string of the molecule is COc1ccc(-c2cc(C(=O)NN)nn2-c2ccccc2C)cc1. The number of methoxy groups -OCH3 is 1. The van der Waals surface area contributed by atoms with Crippen LogP contribution in [0.25, 0.3) is 16.9 Å². The smallest absolute Gasteiger partial charge is 0.285 e. The highest BCUT2D eigenvalue weighted by molar-refractivity contribution is 5.93. The second-order valence-corrected chi connectivity index (χ2v) is 5.32. The van der Waals surface area contributed by atoms with E-state index in [0.717, 1.165) is 28.3 Å². The predicted octanol–water partition coefficient (Wildman–Crippen LogP) is 2.46. The summed E-state index contributed by atoms with van der Waals surface area (Å²) in [6.45, 7) is 2.00. The van der Waals surface area contributed by atoms with Crippen molar-refractivity contribution in [2.24, 2.45) is 5.84 Å². The molecule has 6 heteroatoms. The molecule has 1 aromatic heterocycles. The molecular formula is C18H18N4O2. The molecule has 0 fully saturated rings. The molecule has 3 N–H and O–H groups in total. The number of carbonyl (C=O) groups is 1. The van der Waals surface area contributed by atoms with Crippen LogP contribution in [-0.4, -0.2) is 22.8 Å². The Balaban J connectivity index is 2.17. The van der Waals surface area contributed by atoms with E-state index in [-0.39, 0.29) is 5.69 Å². The van der Waals surface area contributed by atoms with E-state index in [4.69, 9.17) is 10.6 Å². The zero-order chi connectivity index (χ0) is 17.1. The monoisotopic (exact) mass is 322 g/mol. The average Bonchev–Trinajstić information content (AvgIpc) is 3.06. The Bertz CT molecular complexity index is 869. The van der Waals surface area contributed by atoms with Crippen LogP contribution in [0.2, 0.25) is 0 Å². The van der Waals surface area contributed by atoms with E-state index in [2.05, 4.69) is 10.5 Å². The van der Waals surface area contributed by atoms with Gasteiger partial charge in [-0.3, -0.25) is 10.2 Å². The fourth-order valence-corrected chi connectivity index (χ4v) is 2.52. The van der Waals surface area contributed by atoms with E-state index in [1.165, 1.54) is 0 Å². The molecule has 122 valence electrons. The molecule has 3 aromatic rings. The number of hydrazine groups is 1. The second-order valence-electron chi connectivity index (χ2n) is 5.32. The fourth-order valence-electron chi connectivity index (χ4n) is 2.52. The Morgan fingerprint density at radius 3 is 2.50 bits per heavy atom. The summed E-state index contributed by atoms with van der Waals surface area (Å²) in [4.78, 5) is 11.9. The van der Waals surface area contributed by atoms with E-state index in [1.54, 1.807) is 17.9 Å². The number of aromatic nitrogens is 2. The third kappa shape index (κ3) is 2.87. The Morgan fingerprint density at radius 1 is 1.17 bits per heavy atom. The normalized spacial score (nSPS) is 10.5. The summed E-state index contributed by atoms with van der Waals surface area (Å²) in [6.07, 6.45) is 0. The minimum atomic E-state index is -0.433. The first-order valence-electron chi connectivity index (χ1n) is 7.45. The summed E-state index contributed by atoms with van der Waals surface area (Å²) in [5.41, 5.74) is 6.05. The molecule has 6 nitrogen and oxygen atoms in total. The van der Waals surface area contributed by atoms with Gasteiger partial charge < -0.3 is 4.74 Å². The predicted molar refractivity (Wildman–Crippen MR) is 91.9 cm³/mol. The first-order valence-corrected chi connectivity index (χ1v) is 7.45. The number of para-hydroxylation sites is 1. The van der Waals surface area contributed by atoms with Gasteiger partial charge in [0.25, 0.3) is 5.91 Å². The number of aryl methyl sites for hydroxylation is 1. The van der Waals surface area contributed by atoms with Crippen LogP contribution in [0.3, 0.4) is 0 Å². The minimum Gasteiger partial charge on any atom is -0.497 e. The van der Waals surface area contributed by atoms with Crippen molar-refractivity contribution >= 4 is 5.91 Å². The van der Waals surface area contributed by atoms with Crippen molar-refractivity contribution in [1.82, 2.24) is 15.2 Å². The van der Waals surface area contributed by atoms with Crippen molar-refractivity contribution < 1.29 is 9.53 Å². The van der Waals surface area contributed by atoms with Crippen molar-refractivity contribution in [3.8, 4) is 22.7 Å². The van der Waals surface area contributed by atoms with Gasteiger partial charge in [0.1, 0.15) is 5.75 Å². The van der Waals surface area contributed by atoms with Gasteiger partial charge in [0.2, 0.25) is 0 Å². The molecule has 0 radical (unpaired) electrons. The van der Waals surface area contributed by atoms with Crippen molar-refractivity contribution in [3.63, 3.8) is 0 Å². The number of nitrogens with two attached hydrogens (primary N) is 1. The Kier molecular flexibility index (Phi) is 4.31. The maximum atomic E-state index is 11.9. The quantitative estimate of drug-likeness (QED) is 0.439. The van der Waals surface area contributed by atoms with Crippen LogP contribution >= 0.6 is 0 Å². The van der Waals surface area contributed by atoms with E-state index >= 15 is 0 Å². The number of hydrogen-bond acceptors (Lipinski definition) is 4. The van der Waals surface area contributed by atoms with Crippen LogP contribution in [0.15, 0.2) is 54.6 Å². The van der Waals surface area contributed by atoms with Gasteiger partial charge in [-0.2, -0.15) is 5.10 Å². The zero-order valence-electron chi connectivity index (χ0n) is 13.5. The Labute approximate surface area is 139 Å². The largest absolute Gasteiger partial charge is 0.497 e. The van der Waals surface area contributed by atoms with Gasteiger partial charge in [0.15, 0.2) is 5.69 Å². The van der Waals surface area contributed by atoms with Crippen LogP contribution in [0.5, 0.6) is 5.75 Å². The number of amides is 1. The number of nitrogen functional groups attached to an aromatic ring is 1. The molecule has 0 saturated heterocycles. The highest BCUT2D eigenvalue weighted by atomic mass is 16.5. The number of ether oxygens (including phenoxy) is 1. The Morgan fingerprint density at radius 2 is 1.88 bits per heavy atom. The molecule has 2 aromatic carbocycles. The molecule has 0 unspecified atom stereocenters. The van der Waals surface area contributed by atoms with Gasteiger partial charge in [-0.05, 0) is 48.9 Å². The lowest BCUT2D eigenvalue weighted by Crippen LogP contribution is -2.30. The highest BCUT2D eigenvalue weighted by Gasteiger charge is 2.17. The van der Waals surface area contributed by atoms with Gasteiger partial charge in [-0.15, -0.1) is 0 Å². The molecule has 3 rings (SSSR count). The number of nitrogens with one attached hydrogen (secondary N) is 1. The second kappa shape index (κ2) is 6.55. The average molecular weight is 322 g/mol. The van der Waals surface area contributed by atoms with Crippen LogP contribution < -0.4 is 16.0 Å². The molecule has 0 aliphatic rings.